The third-order valence-electron chi connectivity index (χ3n) is 7.12. The summed E-state index contributed by atoms with van der Waals surface area (Å²) in [4.78, 5) is 17.2. The highest BCUT2D eigenvalue weighted by Crippen LogP contribution is 2.38. The third kappa shape index (κ3) is 7.17. The Bertz CT molecular complexity index is 948. The van der Waals surface area contributed by atoms with Gasteiger partial charge in [0, 0.05) is 31.2 Å². The maximum Gasteiger partial charge on any atom is 0.410 e. The van der Waals surface area contributed by atoms with Crippen LogP contribution in [0, 0.1) is 0 Å². The van der Waals surface area contributed by atoms with Crippen LogP contribution in [0.15, 0.2) is 59.1 Å². The molecule has 0 radical (unpaired) electrons. The number of nitrogens with zero attached hydrogens (tertiary/aromatic N) is 2. The van der Waals surface area contributed by atoms with E-state index in [9.17, 15) is 4.79 Å². The first-order valence-corrected chi connectivity index (χ1v) is 15.8. The minimum absolute atomic E-state index is 0.118. The summed E-state index contributed by atoms with van der Waals surface area (Å²) in [5.74, 6) is 0. The van der Waals surface area contributed by atoms with Gasteiger partial charge in [-0.15, -0.1) is 0 Å². The van der Waals surface area contributed by atoms with Crippen molar-refractivity contribution in [2.75, 3.05) is 26.7 Å². The summed E-state index contributed by atoms with van der Waals surface area (Å²) in [6, 6.07) is 17.9. The number of ether oxygens (including phenoxy) is 1. The maximum absolute atomic E-state index is 13.0. The third-order valence-corrected chi connectivity index (χ3v) is 12.2. The summed E-state index contributed by atoms with van der Waals surface area (Å²) in [7, 11) is 0.0210. The molecule has 186 valence electrons. The van der Waals surface area contributed by atoms with E-state index in [0.29, 0.717) is 0 Å². The zero-order valence-electron chi connectivity index (χ0n) is 21.4. The van der Waals surface area contributed by atoms with Crippen molar-refractivity contribution in [1.29, 1.82) is 0 Å². The molecule has 0 spiro atoms. The largest absolute Gasteiger partial charge is 0.445 e. The number of halogens is 1. The molecule has 1 aliphatic rings. The van der Waals surface area contributed by atoms with Crippen molar-refractivity contribution in [3.63, 3.8) is 0 Å². The van der Waals surface area contributed by atoms with E-state index in [2.05, 4.69) is 66.8 Å². The van der Waals surface area contributed by atoms with Gasteiger partial charge in [-0.05, 0) is 47.8 Å². The van der Waals surface area contributed by atoms with Gasteiger partial charge in [0.1, 0.15) is 6.61 Å². The lowest BCUT2D eigenvalue weighted by Crippen LogP contribution is -2.45. The van der Waals surface area contributed by atoms with Gasteiger partial charge >= 0.3 is 6.09 Å². The van der Waals surface area contributed by atoms with Crippen LogP contribution in [0.5, 0.6) is 0 Å². The summed E-state index contributed by atoms with van der Waals surface area (Å²) in [5, 5.41) is 0.196. The number of likely N-dealkylation sites (N-methyl/N-ethyl adjacent to an activating group) is 1. The molecule has 3 rings (SSSR count). The first kappa shape index (κ1) is 26.9. The Morgan fingerprint density at radius 1 is 1.18 bits per heavy atom. The van der Waals surface area contributed by atoms with Crippen molar-refractivity contribution < 1.29 is 14.0 Å². The van der Waals surface area contributed by atoms with Crippen LogP contribution in [-0.4, -0.2) is 57.0 Å². The fraction of sp³-hybridized carbons (Fsp3) is 0.519. The fourth-order valence-corrected chi connectivity index (χ4v) is 5.81. The fourth-order valence-electron chi connectivity index (χ4n) is 4.01. The molecule has 1 aliphatic heterocycles. The molecule has 0 N–H and O–H groups in total. The van der Waals surface area contributed by atoms with E-state index < -0.39 is 8.32 Å². The molecule has 1 fully saturated rings. The zero-order chi connectivity index (χ0) is 24.9. The Morgan fingerprint density at radius 3 is 2.53 bits per heavy atom. The molecule has 7 heteroatoms. The van der Waals surface area contributed by atoms with Gasteiger partial charge in [0.15, 0.2) is 8.32 Å². The molecule has 1 amide bonds. The number of hydrogen-bond acceptors (Lipinski definition) is 4. The Morgan fingerprint density at radius 2 is 1.88 bits per heavy atom. The summed E-state index contributed by atoms with van der Waals surface area (Å²) < 4.78 is 13.3. The summed E-state index contributed by atoms with van der Waals surface area (Å²) in [5.41, 5.74) is 2.07. The Kier molecular flexibility index (Phi) is 9.01. The number of carbonyl (C=O) groups is 1. The highest BCUT2D eigenvalue weighted by molar-refractivity contribution is 9.10. The molecule has 2 aromatic rings. The van der Waals surface area contributed by atoms with Crippen molar-refractivity contribution in [3.8, 4) is 0 Å². The number of carbonyl (C=O) groups excluding carboxylic acids is 1. The van der Waals surface area contributed by atoms with E-state index in [-0.39, 0.29) is 29.9 Å². The molecule has 1 heterocycles. The second-order valence-corrected chi connectivity index (χ2v) is 16.4. The molecule has 2 aromatic carbocycles. The zero-order valence-corrected chi connectivity index (χ0v) is 24.0. The number of amides is 1. The van der Waals surface area contributed by atoms with E-state index >= 15 is 0 Å². The van der Waals surface area contributed by atoms with Crippen molar-refractivity contribution in [1.82, 2.24) is 9.80 Å². The standard InChI is InChI=1S/C27H39BrN2O3Si/c1-27(2,3)34(5,6)33-24-15-16-30(18-24)19-25(22-13-10-14-23(28)17-22)29(4)26(31)32-20-21-11-8-7-9-12-21/h7-14,17,24-25H,15-16,18-20H2,1-6H3/t24-,25+/m0/s1. The van der Waals surface area contributed by atoms with Crippen LogP contribution >= 0.6 is 15.9 Å². The molecular formula is C27H39BrN2O3Si. The van der Waals surface area contributed by atoms with Gasteiger partial charge in [-0.3, -0.25) is 4.90 Å². The monoisotopic (exact) mass is 546 g/mol. The van der Waals surface area contributed by atoms with Crippen molar-refractivity contribution in [2.45, 2.75) is 64.1 Å². The highest BCUT2D eigenvalue weighted by Gasteiger charge is 2.41. The van der Waals surface area contributed by atoms with Crippen LogP contribution in [0.1, 0.15) is 44.4 Å². The first-order chi connectivity index (χ1) is 16.0. The second-order valence-electron chi connectivity index (χ2n) is 10.8. The normalized spacial score (nSPS) is 18.0. The molecule has 1 saturated heterocycles. The van der Waals surface area contributed by atoms with Gasteiger partial charge in [0.05, 0.1) is 12.1 Å². The highest BCUT2D eigenvalue weighted by atomic mass is 79.9. The molecule has 0 unspecified atom stereocenters. The Labute approximate surface area is 214 Å². The van der Waals surface area contributed by atoms with Crippen LogP contribution in [0.2, 0.25) is 18.1 Å². The van der Waals surface area contributed by atoms with Gasteiger partial charge in [-0.1, -0.05) is 79.2 Å². The number of benzene rings is 2. The van der Waals surface area contributed by atoms with E-state index in [0.717, 1.165) is 41.7 Å². The van der Waals surface area contributed by atoms with E-state index in [1.165, 1.54) is 0 Å². The van der Waals surface area contributed by atoms with Crippen molar-refractivity contribution in [3.05, 3.63) is 70.2 Å². The average molecular weight is 548 g/mol. The van der Waals surface area contributed by atoms with E-state index in [4.69, 9.17) is 9.16 Å². The Balaban J connectivity index is 1.68. The number of likely N-dealkylation sites (tertiary alicyclic amines) is 1. The maximum atomic E-state index is 13.0. The van der Waals surface area contributed by atoms with Gasteiger partial charge < -0.3 is 14.1 Å². The van der Waals surface area contributed by atoms with Crippen LogP contribution in [0.25, 0.3) is 0 Å². The lowest BCUT2D eigenvalue weighted by Gasteiger charge is -2.38. The quantitative estimate of drug-likeness (QED) is 0.339. The Hall–Kier alpha value is -1.67. The molecule has 34 heavy (non-hydrogen) atoms. The summed E-state index contributed by atoms with van der Waals surface area (Å²) in [6.07, 6.45) is 0.960. The van der Waals surface area contributed by atoms with Gasteiger partial charge in [0.2, 0.25) is 0 Å². The van der Waals surface area contributed by atoms with Crippen LogP contribution < -0.4 is 0 Å². The van der Waals surface area contributed by atoms with Crippen molar-refractivity contribution >= 4 is 30.3 Å². The molecule has 0 aromatic heterocycles. The topological polar surface area (TPSA) is 42.0 Å². The second kappa shape index (κ2) is 11.4. The number of rotatable bonds is 8. The first-order valence-electron chi connectivity index (χ1n) is 12.1. The van der Waals surface area contributed by atoms with Crippen LogP contribution in [0.4, 0.5) is 4.79 Å². The lowest BCUT2D eigenvalue weighted by atomic mass is 10.1. The van der Waals surface area contributed by atoms with Gasteiger partial charge in [0.25, 0.3) is 0 Å². The lowest BCUT2D eigenvalue weighted by molar-refractivity contribution is 0.0819. The predicted octanol–water partition coefficient (Wildman–Crippen LogP) is 6.85. The molecule has 5 nitrogen and oxygen atoms in total. The molecular weight excluding hydrogens is 508 g/mol. The minimum Gasteiger partial charge on any atom is -0.445 e. The molecule has 2 atom stereocenters. The van der Waals surface area contributed by atoms with E-state index in [1.807, 2.05) is 49.5 Å². The van der Waals surface area contributed by atoms with Gasteiger partial charge in [-0.2, -0.15) is 0 Å². The van der Waals surface area contributed by atoms with Crippen LogP contribution in [0.3, 0.4) is 0 Å². The van der Waals surface area contributed by atoms with Gasteiger partial charge in [-0.25, -0.2) is 4.79 Å². The summed E-state index contributed by atoms with van der Waals surface area (Å²) >= 11 is 3.59. The summed E-state index contributed by atoms with van der Waals surface area (Å²) in [6.45, 7) is 14.3. The average Bonchev–Trinajstić information content (AvgIpc) is 3.21. The van der Waals surface area contributed by atoms with E-state index in [1.54, 1.807) is 4.90 Å². The molecule has 0 saturated carbocycles. The van der Waals surface area contributed by atoms with Crippen molar-refractivity contribution in [2.24, 2.45) is 0 Å². The molecule has 0 aliphatic carbocycles. The SMILES string of the molecule is CN(C(=O)OCc1ccccc1)[C@H](CN1CC[C@H](O[Si](C)(C)C(C)(C)C)C1)c1cccc(Br)c1. The minimum atomic E-state index is -1.81. The predicted molar refractivity (Wildman–Crippen MR) is 144 cm³/mol. The molecule has 0 bridgehead atoms. The van der Waals surface area contributed by atoms with Crippen LogP contribution in [-0.2, 0) is 15.8 Å². The number of hydrogen-bond donors (Lipinski definition) is 0. The smallest absolute Gasteiger partial charge is 0.410 e.